The molecule has 0 aliphatic heterocycles. The van der Waals surface area contributed by atoms with Crippen molar-refractivity contribution < 1.29 is 19.1 Å². The number of hydrogen-bond acceptors (Lipinski definition) is 5. The fourth-order valence-corrected chi connectivity index (χ4v) is 2.65. The van der Waals surface area contributed by atoms with Crippen LogP contribution in [0.5, 0.6) is 11.5 Å². The molecule has 1 amide bonds. The molecule has 142 valence electrons. The number of hydrogen-bond donors (Lipinski definition) is 1. The molecule has 0 bridgehead atoms. The summed E-state index contributed by atoms with van der Waals surface area (Å²) < 4.78 is 11.5. The number of rotatable bonds is 6. The third-order valence-corrected chi connectivity index (χ3v) is 4.13. The number of ether oxygens (including phenoxy) is 2. The summed E-state index contributed by atoms with van der Waals surface area (Å²) in [5, 5.41) is 2.70. The zero-order valence-electron chi connectivity index (χ0n) is 15.0. The average molecular weight is 441 g/mol. The van der Waals surface area contributed by atoms with Gasteiger partial charge in [0.2, 0.25) is 0 Å². The molecule has 2 aromatic carbocycles. The zero-order chi connectivity index (χ0) is 19.9. The van der Waals surface area contributed by atoms with Gasteiger partial charge < -0.3 is 14.8 Å². The van der Waals surface area contributed by atoms with Crippen LogP contribution < -0.4 is 10.1 Å². The minimum atomic E-state index is -0.966. The Morgan fingerprint density at radius 3 is 2.36 bits per heavy atom. The number of nitrogens with zero attached hydrogens (tertiary/aromatic N) is 1. The number of amides is 1. The van der Waals surface area contributed by atoms with Crippen LogP contribution in [0.2, 0.25) is 0 Å². The molecule has 0 saturated carbocycles. The molecule has 28 heavy (non-hydrogen) atoms. The molecule has 0 aliphatic rings. The van der Waals surface area contributed by atoms with Crippen LogP contribution >= 0.6 is 15.9 Å². The molecule has 0 aliphatic carbocycles. The predicted octanol–water partition coefficient (Wildman–Crippen LogP) is 4.82. The van der Waals surface area contributed by atoms with E-state index < -0.39 is 18.0 Å². The third-order valence-electron chi connectivity index (χ3n) is 3.69. The number of halogens is 1. The highest BCUT2D eigenvalue weighted by Gasteiger charge is 2.19. The standard InChI is InChI=1S/C21H17BrN2O4/c1-14(27-21(26)15-11-16(22)13-23-12-15)20(25)24-17-7-9-19(10-8-17)28-18-5-3-2-4-6-18/h2-14H,1H3,(H,24,25). The maximum Gasteiger partial charge on any atom is 0.340 e. The summed E-state index contributed by atoms with van der Waals surface area (Å²) in [5.74, 6) is 0.309. The van der Waals surface area contributed by atoms with Crippen LogP contribution in [-0.4, -0.2) is 23.0 Å². The molecular formula is C21H17BrN2O4. The lowest BCUT2D eigenvalue weighted by atomic mass is 10.2. The van der Waals surface area contributed by atoms with Crippen molar-refractivity contribution in [3.63, 3.8) is 0 Å². The van der Waals surface area contributed by atoms with E-state index in [1.807, 2.05) is 30.3 Å². The van der Waals surface area contributed by atoms with E-state index in [1.165, 1.54) is 13.1 Å². The van der Waals surface area contributed by atoms with Crippen molar-refractivity contribution in [2.24, 2.45) is 0 Å². The average Bonchev–Trinajstić information content (AvgIpc) is 2.70. The fourth-order valence-electron chi connectivity index (χ4n) is 2.28. The van der Waals surface area contributed by atoms with Gasteiger partial charge in [-0.1, -0.05) is 18.2 Å². The second-order valence-electron chi connectivity index (χ2n) is 5.87. The molecule has 1 unspecified atom stereocenters. The first-order valence-electron chi connectivity index (χ1n) is 8.46. The van der Waals surface area contributed by atoms with Crippen LogP contribution in [0, 0.1) is 0 Å². The fraction of sp³-hybridized carbons (Fsp3) is 0.0952. The monoisotopic (exact) mass is 440 g/mol. The first-order valence-corrected chi connectivity index (χ1v) is 9.26. The number of esters is 1. The van der Waals surface area contributed by atoms with Crippen LogP contribution in [0.1, 0.15) is 17.3 Å². The summed E-state index contributed by atoms with van der Waals surface area (Å²) in [4.78, 5) is 28.3. The van der Waals surface area contributed by atoms with E-state index in [2.05, 4.69) is 26.2 Å². The minimum Gasteiger partial charge on any atom is -0.457 e. The summed E-state index contributed by atoms with van der Waals surface area (Å²) in [6, 6.07) is 17.9. The van der Waals surface area contributed by atoms with Crippen molar-refractivity contribution in [3.05, 3.63) is 83.1 Å². The molecule has 1 N–H and O–H groups in total. The number of pyridine rings is 1. The quantitative estimate of drug-likeness (QED) is 0.555. The van der Waals surface area contributed by atoms with Crippen LogP contribution in [-0.2, 0) is 9.53 Å². The van der Waals surface area contributed by atoms with E-state index in [0.29, 0.717) is 15.9 Å². The van der Waals surface area contributed by atoms with E-state index in [4.69, 9.17) is 9.47 Å². The van der Waals surface area contributed by atoms with Gasteiger partial charge in [0.05, 0.1) is 5.56 Å². The molecule has 6 nitrogen and oxygen atoms in total. The number of carbonyl (C=O) groups is 2. The first-order chi connectivity index (χ1) is 13.5. The normalized spacial score (nSPS) is 11.4. The largest absolute Gasteiger partial charge is 0.457 e. The maximum atomic E-state index is 12.3. The van der Waals surface area contributed by atoms with Gasteiger partial charge in [0.1, 0.15) is 11.5 Å². The lowest BCUT2D eigenvalue weighted by molar-refractivity contribution is -0.123. The topological polar surface area (TPSA) is 77.5 Å². The summed E-state index contributed by atoms with van der Waals surface area (Å²) in [6.45, 7) is 1.51. The molecule has 1 atom stereocenters. The van der Waals surface area contributed by atoms with Crippen molar-refractivity contribution in [1.29, 1.82) is 0 Å². The SMILES string of the molecule is CC(OC(=O)c1cncc(Br)c1)C(=O)Nc1ccc(Oc2ccccc2)cc1. The zero-order valence-corrected chi connectivity index (χ0v) is 16.5. The lowest BCUT2D eigenvalue weighted by Gasteiger charge is -2.14. The van der Waals surface area contributed by atoms with Gasteiger partial charge in [0.15, 0.2) is 6.10 Å². The molecule has 1 heterocycles. The Balaban J connectivity index is 1.55. The Morgan fingerprint density at radius 2 is 1.68 bits per heavy atom. The van der Waals surface area contributed by atoms with E-state index in [9.17, 15) is 9.59 Å². The Labute approximate surface area is 170 Å². The van der Waals surface area contributed by atoms with Gasteiger partial charge in [0, 0.05) is 22.6 Å². The molecular weight excluding hydrogens is 424 g/mol. The van der Waals surface area contributed by atoms with E-state index >= 15 is 0 Å². The molecule has 7 heteroatoms. The van der Waals surface area contributed by atoms with Crippen molar-refractivity contribution in [1.82, 2.24) is 4.98 Å². The Morgan fingerprint density at radius 1 is 1.00 bits per heavy atom. The van der Waals surface area contributed by atoms with Crippen molar-refractivity contribution >= 4 is 33.5 Å². The number of aromatic nitrogens is 1. The van der Waals surface area contributed by atoms with Crippen molar-refractivity contribution in [2.45, 2.75) is 13.0 Å². The second kappa shape index (κ2) is 9.14. The lowest BCUT2D eigenvalue weighted by Crippen LogP contribution is -2.30. The van der Waals surface area contributed by atoms with Crippen LogP contribution in [0.3, 0.4) is 0 Å². The molecule has 3 aromatic rings. The Hall–Kier alpha value is -3.19. The highest BCUT2D eigenvalue weighted by Crippen LogP contribution is 2.22. The van der Waals surface area contributed by atoms with Crippen molar-refractivity contribution in [3.8, 4) is 11.5 Å². The Kier molecular flexibility index (Phi) is 6.39. The van der Waals surface area contributed by atoms with Gasteiger partial charge in [-0.2, -0.15) is 0 Å². The van der Waals surface area contributed by atoms with E-state index in [-0.39, 0.29) is 5.56 Å². The van der Waals surface area contributed by atoms with Gasteiger partial charge in [-0.25, -0.2) is 4.79 Å². The number of para-hydroxylation sites is 1. The van der Waals surface area contributed by atoms with Gasteiger partial charge in [-0.05, 0) is 65.3 Å². The number of nitrogens with one attached hydrogen (secondary N) is 1. The molecule has 3 rings (SSSR count). The summed E-state index contributed by atoms with van der Waals surface area (Å²) >= 11 is 3.24. The van der Waals surface area contributed by atoms with Gasteiger partial charge in [-0.15, -0.1) is 0 Å². The minimum absolute atomic E-state index is 0.261. The molecule has 0 fully saturated rings. The third kappa shape index (κ3) is 5.40. The number of anilines is 1. The van der Waals surface area contributed by atoms with E-state index in [1.54, 1.807) is 36.5 Å². The molecule has 0 radical (unpaired) electrons. The highest BCUT2D eigenvalue weighted by atomic mass is 79.9. The first kappa shape index (κ1) is 19.6. The number of benzene rings is 2. The van der Waals surface area contributed by atoms with Gasteiger partial charge >= 0.3 is 5.97 Å². The van der Waals surface area contributed by atoms with Crippen LogP contribution in [0.15, 0.2) is 77.5 Å². The molecule has 1 aromatic heterocycles. The van der Waals surface area contributed by atoms with Gasteiger partial charge in [0.25, 0.3) is 5.91 Å². The van der Waals surface area contributed by atoms with Crippen molar-refractivity contribution in [2.75, 3.05) is 5.32 Å². The summed E-state index contributed by atoms with van der Waals surface area (Å²) in [5.41, 5.74) is 0.828. The Bertz CT molecular complexity index is 962. The smallest absolute Gasteiger partial charge is 0.340 e. The highest BCUT2D eigenvalue weighted by molar-refractivity contribution is 9.10. The second-order valence-corrected chi connectivity index (χ2v) is 6.78. The van der Waals surface area contributed by atoms with Gasteiger partial charge in [-0.3, -0.25) is 9.78 Å². The predicted molar refractivity (Wildman–Crippen MR) is 108 cm³/mol. The molecule has 0 spiro atoms. The molecule has 0 saturated heterocycles. The summed E-state index contributed by atoms with van der Waals surface area (Å²) in [7, 11) is 0. The van der Waals surface area contributed by atoms with Crippen LogP contribution in [0.4, 0.5) is 5.69 Å². The number of carbonyl (C=O) groups excluding carboxylic acids is 2. The van der Waals surface area contributed by atoms with Crippen LogP contribution in [0.25, 0.3) is 0 Å². The summed E-state index contributed by atoms with van der Waals surface area (Å²) in [6.07, 6.45) is 1.97. The van der Waals surface area contributed by atoms with E-state index in [0.717, 1.165) is 5.75 Å². The maximum absolute atomic E-state index is 12.3.